The first-order valence-corrected chi connectivity index (χ1v) is 5.72. The van der Waals surface area contributed by atoms with E-state index in [0.717, 1.165) is 0 Å². The van der Waals surface area contributed by atoms with Gasteiger partial charge < -0.3 is 9.84 Å². The average Bonchev–Trinajstić information content (AvgIpc) is 2.16. The molecule has 1 amide bonds. The van der Waals surface area contributed by atoms with Gasteiger partial charge in [0.05, 0.1) is 0 Å². The second kappa shape index (κ2) is 4.94. The van der Waals surface area contributed by atoms with Crippen LogP contribution in [0.25, 0.3) is 0 Å². The Labute approximate surface area is 91.8 Å². The monoisotopic (exact) mass is 243 g/mol. The molecule has 0 radical (unpaired) electrons. The Balaban J connectivity index is 2.60. The van der Waals surface area contributed by atoms with Gasteiger partial charge in [-0.15, -0.1) is 0 Å². The molecule has 0 saturated heterocycles. The molecule has 0 heterocycles. The van der Waals surface area contributed by atoms with Crippen molar-refractivity contribution in [2.75, 3.05) is 5.32 Å². The van der Waals surface area contributed by atoms with Crippen molar-refractivity contribution >= 4 is 19.4 Å². The molecule has 86 valence electrons. The topological polar surface area (TPSA) is 95.9 Å². The molecular weight excluding hydrogens is 233 g/mol. The van der Waals surface area contributed by atoms with Crippen LogP contribution in [0, 0.1) is 0 Å². The molecule has 0 aliphatic rings. The van der Waals surface area contributed by atoms with E-state index in [0.29, 0.717) is 5.69 Å². The number of hydrogen-bond acceptors (Lipinski definition) is 3. The van der Waals surface area contributed by atoms with E-state index in [-0.39, 0.29) is 0 Å². The predicted octanol–water partition coefficient (Wildman–Crippen LogP) is 1.25. The highest BCUT2D eigenvalue weighted by molar-refractivity contribution is 7.46. The molecule has 0 aliphatic heterocycles. The number of carbonyl (C=O) groups excluding carboxylic acids is 1. The SMILES string of the molecule is C=C(OP(=O)(O)O)C(=O)Nc1ccccc1. The first-order valence-electron chi connectivity index (χ1n) is 4.19. The molecule has 0 bridgehead atoms. The molecule has 6 nitrogen and oxygen atoms in total. The van der Waals surface area contributed by atoms with Crippen molar-refractivity contribution in [3.05, 3.63) is 42.7 Å². The number of amides is 1. The van der Waals surface area contributed by atoms with Crippen LogP contribution < -0.4 is 5.32 Å². The lowest BCUT2D eigenvalue weighted by Gasteiger charge is -2.09. The predicted molar refractivity (Wildman–Crippen MR) is 57.3 cm³/mol. The Bertz CT molecular complexity index is 438. The molecule has 1 rings (SSSR count). The van der Waals surface area contributed by atoms with Gasteiger partial charge in [0.1, 0.15) is 0 Å². The number of anilines is 1. The number of hydrogen-bond donors (Lipinski definition) is 3. The molecular formula is C9H10NO5P. The summed E-state index contributed by atoms with van der Waals surface area (Å²) in [7, 11) is -4.74. The maximum Gasteiger partial charge on any atom is 0.524 e. The smallest absolute Gasteiger partial charge is 0.399 e. The minimum absolute atomic E-state index is 0.475. The van der Waals surface area contributed by atoms with E-state index in [1.807, 2.05) is 0 Å². The lowest BCUT2D eigenvalue weighted by molar-refractivity contribution is -0.115. The molecule has 1 aromatic carbocycles. The number of benzene rings is 1. The van der Waals surface area contributed by atoms with Crippen molar-refractivity contribution in [3.8, 4) is 0 Å². The third kappa shape index (κ3) is 4.27. The molecule has 1 aromatic rings. The minimum atomic E-state index is -4.74. The molecule has 16 heavy (non-hydrogen) atoms. The van der Waals surface area contributed by atoms with Crippen molar-refractivity contribution in [3.63, 3.8) is 0 Å². The van der Waals surface area contributed by atoms with Gasteiger partial charge in [0.15, 0.2) is 5.76 Å². The summed E-state index contributed by atoms with van der Waals surface area (Å²) < 4.78 is 14.5. The summed E-state index contributed by atoms with van der Waals surface area (Å²) in [5.41, 5.74) is 0.475. The summed E-state index contributed by atoms with van der Waals surface area (Å²) in [6.45, 7) is 3.11. The summed E-state index contributed by atoms with van der Waals surface area (Å²) in [4.78, 5) is 28.2. The van der Waals surface area contributed by atoms with Gasteiger partial charge in [-0.25, -0.2) is 4.57 Å². The van der Waals surface area contributed by atoms with Crippen LogP contribution in [0.4, 0.5) is 5.69 Å². The van der Waals surface area contributed by atoms with Crippen LogP contribution in [0.2, 0.25) is 0 Å². The van der Waals surface area contributed by atoms with Gasteiger partial charge in [0.25, 0.3) is 5.91 Å². The van der Waals surface area contributed by atoms with Gasteiger partial charge >= 0.3 is 7.82 Å². The van der Waals surface area contributed by atoms with Crippen LogP contribution in [0.3, 0.4) is 0 Å². The lowest BCUT2D eigenvalue weighted by atomic mass is 10.3. The normalized spacial score (nSPS) is 10.6. The summed E-state index contributed by atoms with van der Waals surface area (Å²) in [6, 6.07) is 8.38. The van der Waals surface area contributed by atoms with Gasteiger partial charge in [0, 0.05) is 5.69 Å². The Kier molecular flexibility index (Phi) is 3.84. The lowest BCUT2D eigenvalue weighted by Crippen LogP contribution is -2.14. The summed E-state index contributed by atoms with van der Waals surface area (Å²) in [6.07, 6.45) is 0. The molecule has 0 aromatic heterocycles. The minimum Gasteiger partial charge on any atom is -0.399 e. The van der Waals surface area contributed by atoms with Gasteiger partial charge in [-0.3, -0.25) is 14.6 Å². The second-order valence-electron chi connectivity index (χ2n) is 2.83. The number of nitrogens with one attached hydrogen (secondary N) is 1. The Morgan fingerprint density at radius 2 is 1.88 bits per heavy atom. The zero-order chi connectivity index (χ0) is 12.2. The Morgan fingerprint density at radius 3 is 2.38 bits per heavy atom. The third-order valence-electron chi connectivity index (χ3n) is 1.51. The average molecular weight is 243 g/mol. The fraction of sp³-hybridized carbons (Fsp3) is 0. The number of phosphoric ester groups is 1. The summed E-state index contributed by atoms with van der Waals surface area (Å²) in [5, 5.41) is 2.36. The van der Waals surface area contributed by atoms with Crippen LogP contribution in [-0.2, 0) is 13.9 Å². The van der Waals surface area contributed by atoms with Gasteiger partial charge in [-0.2, -0.15) is 0 Å². The van der Waals surface area contributed by atoms with E-state index >= 15 is 0 Å². The van der Waals surface area contributed by atoms with Gasteiger partial charge in [0.2, 0.25) is 0 Å². The zero-order valence-electron chi connectivity index (χ0n) is 8.16. The summed E-state index contributed by atoms with van der Waals surface area (Å²) >= 11 is 0. The zero-order valence-corrected chi connectivity index (χ0v) is 9.05. The first-order chi connectivity index (χ1) is 7.38. The van der Waals surface area contributed by atoms with E-state index in [1.165, 1.54) is 0 Å². The largest absolute Gasteiger partial charge is 0.524 e. The second-order valence-corrected chi connectivity index (χ2v) is 3.99. The Morgan fingerprint density at radius 1 is 1.31 bits per heavy atom. The van der Waals surface area contributed by atoms with Crippen molar-refractivity contribution in [1.82, 2.24) is 0 Å². The molecule has 0 saturated carbocycles. The highest BCUT2D eigenvalue weighted by atomic mass is 31.2. The van der Waals surface area contributed by atoms with E-state index in [4.69, 9.17) is 9.79 Å². The number of carbonyl (C=O) groups is 1. The number of rotatable bonds is 4. The highest BCUT2D eigenvalue weighted by Crippen LogP contribution is 2.38. The number of phosphoric acid groups is 1. The van der Waals surface area contributed by atoms with E-state index < -0.39 is 19.5 Å². The van der Waals surface area contributed by atoms with Gasteiger partial charge in [-0.05, 0) is 12.1 Å². The maximum absolute atomic E-state index is 11.3. The fourth-order valence-corrected chi connectivity index (χ4v) is 1.28. The maximum atomic E-state index is 11.3. The molecule has 0 unspecified atom stereocenters. The van der Waals surface area contributed by atoms with Crippen molar-refractivity contribution in [2.45, 2.75) is 0 Å². The Hall–Kier alpha value is -1.62. The quantitative estimate of drug-likeness (QED) is 0.420. The van der Waals surface area contributed by atoms with E-state index in [1.54, 1.807) is 30.3 Å². The third-order valence-corrected chi connectivity index (χ3v) is 1.97. The summed E-state index contributed by atoms with van der Waals surface area (Å²) in [5.74, 6) is -1.45. The molecule has 0 atom stereocenters. The van der Waals surface area contributed by atoms with Crippen LogP contribution >= 0.6 is 7.82 Å². The van der Waals surface area contributed by atoms with Crippen molar-refractivity contribution < 1.29 is 23.7 Å². The van der Waals surface area contributed by atoms with Crippen molar-refractivity contribution in [1.29, 1.82) is 0 Å². The van der Waals surface area contributed by atoms with Crippen LogP contribution in [0.5, 0.6) is 0 Å². The van der Waals surface area contributed by atoms with Crippen LogP contribution in [0.15, 0.2) is 42.7 Å². The molecule has 7 heteroatoms. The first kappa shape index (κ1) is 12.4. The molecule has 3 N–H and O–H groups in total. The molecule has 0 fully saturated rings. The number of para-hydroxylation sites is 1. The molecule has 0 aliphatic carbocycles. The highest BCUT2D eigenvalue weighted by Gasteiger charge is 2.20. The van der Waals surface area contributed by atoms with E-state index in [9.17, 15) is 9.36 Å². The molecule has 0 spiro atoms. The van der Waals surface area contributed by atoms with Crippen molar-refractivity contribution in [2.24, 2.45) is 0 Å². The van der Waals surface area contributed by atoms with Gasteiger partial charge in [-0.1, -0.05) is 24.8 Å². The fourth-order valence-electron chi connectivity index (χ4n) is 0.907. The van der Waals surface area contributed by atoms with E-state index in [2.05, 4.69) is 16.4 Å². The van der Waals surface area contributed by atoms with Crippen LogP contribution in [0.1, 0.15) is 0 Å². The van der Waals surface area contributed by atoms with Crippen LogP contribution in [-0.4, -0.2) is 15.7 Å². The standard InChI is InChI=1S/C9H10NO5P/c1-7(15-16(12,13)14)9(11)10-8-5-3-2-4-6-8/h2-6H,1H2,(H,10,11)(H2,12,13,14).